The SMILES string of the molecule is CN1CCN(c2ccc(Nc3ncc4c(=O)n(-c5c(Cl)cccc5Cl)ncc4n3)cc2)CC1. The number of likely N-dealkylation sites (N-methyl/N-ethyl adjacent to an activating group) is 1. The van der Waals surface area contributed by atoms with E-state index in [2.05, 4.69) is 49.4 Å². The van der Waals surface area contributed by atoms with Gasteiger partial charge in [0.1, 0.15) is 11.2 Å². The van der Waals surface area contributed by atoms with Gasteiger partial charge in [0.05, 0.1) is 21.6 Å². The Kier molecular flexibility index (Phi) is 5.88. The van der Waals surface area contributed by atoms with E-state index in [1.54, 1.807) is 18.2 Å². The van der Waals surface area contributed by atoms with E-state index in [-0.39, 0.29) is 0 Å². The maximum atomic E-state index is 13.0. The van der Waals surface area contributed by atoms with Gasteiger partial charge < -0.3 is 15.1 Å². The van der Waals surface area contributed by atoms with Crippen molar-refractivity contribution in [3.8, 4) is 5.69 Å². The molecule has 0 atom stereocenters. The summed E-state index contributed by atoms with van der Waals surface area (Å²) in [6.07, 6.45) is 2.98. The van der Waals surface area contributed by atoms with Gasteiger partial charge in [0.15, 0.2) is 0 Å². The molecule has 1 aliphatic rings. The molecule has 0 amide bonds. The summed E-state index contributed by atoms with van der Waals surface area (Å²) >= 11 is 12.5. The van der Waals surface area contributed by atoms with Crippen LogP contribution in [0.3, 0.4) is 0 Å². The van der Waals surface area contributed by atoms with Crippen LogP contribution in [-0.2, 0) is 0 Å². The minimum atomic E-state index is -0.398. The normalized spacial score (nSPS) is 14.6. The van der Waals surface area contributed by atoms with E-state index in [0.717, 1.165) is 31.9 Å². The molecule has 3 heterocycles. The Labute approximate surface area is 200 Å². The first-order valence-corrected chi connectivity index (χ1v) is 11.3. The van der Waals surface area contributed by atoms with Gasteiger partial charge in [0.25, 0.3) is 5.56 Å². The van der Waals surface area contributed by atoms with Gasteiger partial charge in [-0.2, -0.15) is 9.78 Å². The van der Waals surface area contributed by atoms with E-state index in [1.807, 2.05) is 12.1 Å². The Hall–Kier alpha value is -3.20. The molecule has 0 aliphatic carbocycles. The van der Waals surface area contributed by atoms with Gasteiger partial charge in [-0.15, -0.1) is 0 Å². The molecule has 4 aromatic rings. The maximum Gasteiger partial charge on any atom is 0.282 e. The molecule has 1 N–H and O–H groups in total. The van der Waals surface area contributed by atoms with Crippen LogP contribution in [0.2, 0.25) is 10.0 Å². The van der Waals surface area contributed by atoms with Gasteiger partial charge in [-0.25, -0.2) is 9.97 Å². The first-order chi connectivity index (χ1) is 16.0. The van der Waals surface area contributed by atoms with Crippen molar-refractivity contribution in [2.24, 2.45) is 0 Å². The van der Waals surface area contributed by atoms with Crippen molar-refractivity contribution in [1.29, 1.82) is 0 Å². The van der Waals surface area contributed by atoms with E-state index in [0.29, 0.717) is 32.6 Å². The number of fused-ring (bicyclic) bond motifs is 1. The van der Waals surface area contributed by atoms with E-state index < -0.39 is 5.56 Å². The lowest BCUT2D eigenvalue weighted by Crippen LogP contribution is -2.44. The van der Waals surface area contributed by atoms with Crippen LogP contribution in [0.25, 0.3) is 16.6 Å². The highest BCUT2D eigenvalue weighted by Crippen LogP contribution is 2.27. The van der Waals surface area contributed by atoms with Crippen molar-refractivity contribution in [1.82, 2.24) is 24.6 Å². The minimum absolute atomic E-state index is 0.317. The average molecular weight is 482 g/mol. The Morgan fingerprint density at radius 3 is 2.33 bits per heavy atom. The summed E-state index contributed by atoms with van der Waals surface area (Å²) in [5.74, 6) is 0.379. The van der Waals surface area contributed by atoms with E-state index >= 15 is 0 Å². The third-order valence-corrected chi connectivity index (χ3v) is 6.29. The van der Waals surface area contributed by atoms with E-state index in [4.69, 9.17) is 23.2 Å². The van der Waals surface area contributed by atoms with Crippen molar-refractivity contribution in [2.75, 3.05) is 43.4 Å². The topological polar surface area (TPSA) is 79.2 Å². The Morgan fingerprint density at radius 2 is 1.64 bits per heavy atom. The molecule has 5 rings (SSSR count). The van der Waals surface area contributed by atoms with Gasteiger partial charge in [-0.05, 0) is 43.4 Å². The van der Waals surface area contributed by atoms with Crippen LogP contribution in [0, 0.1) is 0 Å². The number of piperazine rings is 1. The van der Waals surface area contributed by atoms with Crippen molar-refractivity contribution in [3.63, 3.8) is 0 Å². The molecule has 10 heteroatoms. The average Bonchev–Trinajstić information content (AvgIpc) is 2.81. The Bertz CT molecular complexity index is 1350. The van der Waals surface area contributed by atoms with E-state index in [1.165, 1.54) is 22.8 Å². The van der Waals surface area contributed by atoms with Crippen LogP contribution in [0.1, 0.15) is 0 Å². The number of aromatic nitrogens is 4. The van der Waals surface area contributed by atoms with Crippen LogP contribution in [-0.4, -0.2) is 57.9 Å². The monoisotopic (exact) mass is 481 g/mol. The molecule has 168 valence electrons. The number of para-hydroxylation sites is 1. The number of nitrogens with zero attached hydrogens (tertiary/aromatic N) is 6. The lowest BCUT2D eigenvalue weighted by Gasteiger charge is -2.34. The quantitative estimate of drug-likeness (QED) is 0.472. The highest BCUT2D eigenvalue weighted by molar-refractivity contribution is 6.37. The molecule has 1 aliphatic heterocycles. The molecule has 33 heavy (non-hydrogen) atoms. The minimum Gasteiger partial charge on any atom is -0.369 e. The zero-order chi connectivity index (χ0) is 22.9. The largest absolute Gasteiger partial charge is 0.369 e. The van der Waals surface area contributed by atoms with Crippen molar-refractivity contribution >= 4 is 51.4 Å². The van der Waals surface area contributed by atoms with Crippen LogP contribution in [0.5, 0.6) is 0 Å². The number of anilines is 3. The fourth-order valence-corrected chi connectivity index (χ4v) is 4.35. The first-order valence-electron chi connectivity index (χ1n) is 10.5. The fourth-order valence-electron chi connectivity index (χ4n) is 3.80. The van der Waals surface area contributed by atoms with Gasteiger partial charge in [0.2, 0.25) is 5.95 Å². The zero-order valence-electron chi connectivity index (χ0n) is 17.9. The van der Waals surface area contributed by atoms with Crippen molar-refractivity contribution < 1.29 is 0 Å². The highest BCUT2D eigenvalue weighted by Gasteiger charge is 2.15. The summed E-state index contributed by atoms with van der Waals surface area (Å²) in [5, 5.41) is 8.39. The number of rotatable bonds is 4. The standard InChI is InChI=1S/C23H21Cl2N7O/c1-30-9-11-31(12-10-30)16-7-5-15(6-8-16)28-23-26-13-17-20(29-23)14-27-32(22(17)33)21-18(24)3-2-4-19(21)25/h2-8,13-14H,9-12H2,1H3,(H,26,28,29). The lowest BCUT2D eigenvalue weighted by atomic mass is 10.2. The Balaban J connectivity index is 1.38. The molecule has 0 radical (unpaired) electrons. The summed E-state index contributed by atoms with van der Waals surface area (Å²) in [6, 6.07) is 13.2. The molecule has 0 unspecified atom stereocenters. The highest BCUT2D eigenvalue weighted by atomic mass is 35.5. The van der Waals surface area contributed by atoms with Gasteiger partial charge in [-0.1, -0.05) is 29.3 Å². The van der Waals surface area contributed by atoms with Crippen LogP contribution in [0.4, 0.5) is 17.3 Å². The molecule has 0 spiro atoms. The van der Waals surface area contributed by atoms with E-state index in [9.17, 15) is 4.79 Å². The zero-order valence-corrected chi connectivity index (χ0v) is 19.4. The number of nitrogens with one attached hydrogen (secondary N) is 1. The molecule has 1 saturated heterocycles. The molecule has 8 nitrogen and oxygen atoms in total. The molecular formula is C23H21Cl2N7O. The second kappa shape index (κ2) is 8.97. The summed E-state index contributed by atoms with van der Waals surface area (Å²) in [5.41, 5.74) is 2.40. The number of hydrogen-bond donors (Lipinski definition) is 1. The molecule has 1 fully saturated rings. The van der Waals surface area contributed by atoms with Crippen LogP contribution < -0.4 is 15.8 Å². The molecule has 0 saturated carbocycles. The van der Waals surface area contributed by atoms with Gasteiger partial charge in [-0.3, -0.25) is 4.79 Å². The first kappa shape index (κ1) is 21.6. The van der Waals surface area contributed by atoms with Crippen molar-refractivity contribution in [3.05, 3.63) is 75.3 Å². The summed E-state index contributed by atoms with van der Waals surface area (Å²) < 4.78 is 1.17. The second-order valence-corrected chi connectivity index (χ2v) is 8.70. The molecule has 2 aromatic heterocycles. The van der Waals surface area contributed by atoms with Gasteiger partial charge in [0, 0.05) is 43.8 Å². The fraction of sp³-hybridized carbons (Fsp3) is 0.217. The predicted molar refractivity (Wildman–Crippen MR) is 132 cm³/mol. The van der Waals surface area contributed by atoms with Gasteiger partial charge >= 0.3 is 0 Å². The molecular weight excluding hydrogens is 461 g/mol. The van der Waals surface area contributed by atoms with Crippen LogP contribution in [0.15, 0.2) is 59.7 Å². The Morgan fingerprint density at radius 1 is 0.939 bits per heavy atom. The van der Waals surface area contributed by atoms with Crippen LogP contribution >= 0.6 is 23.2 Å². The third kappa shape index (κ3) is 4.37. The number of benzene rings is 2. The summed E-state index contributed by atoms with van der Waals surface area (Å²) in [7, 11) is 2.14. The smallest absolute Gasteiger partial charge is 0.282 e. The number of hydrogen-bond acceptors (Lipinski definition) is 7. The lowest BCUT2D eigenvalue weighted by molar-refractivity contribution is 0.313. The molecule has 0 bridgehead atoms. The maximum absolute atomic E-state index is 13.0. The number of halogens is 2. The molecule has 2 aromatic carbocycles. The second-order valence-electron chi connectivity index (χ2n) is 7.89. The van der Waals surface area contributed by atoms with Crippen molar-refractivity contribution in [2.45, 2.75) is 0 Å². The third-order valence-electron chi connectivity index (χ3n) is 5.68. The summed E-state index contributed by atoms with van der Waals surface area (Å²) in [4.78, 5) is 26.5. The predicted octanol–water partition coefficient (Wildman–Crippen LogP) is 3.98. The summed E-state index contributed by atoms with van der Waals surface area (Å²) in [6.45, 7) is 4.15.